The summed E-state index contributed by atoms with van der Waals surface area (Å²) in [5.41, 5.74) is 4.38. The number of hydrogen-bond donors (Lipinski definition) is 2. The van der Waals surface area contributed by atoms with Crippen LogP contribution in [0.15, 0.2) is 48.5 Å². The Morgan fingerprint density at radius 1 is 1.19 bits per heavy atom. The van der Waals surface area contributed by atoms with E-state index >= 15 is 0 Å². The summed E-state index contributed by atoms with van der Waals surface area (Å²) in [7, 11) is 1.62. The number of anilines is 1. The quantitative estimate of drug-likeness (QED) is 0.670. The molecular weight excluding hydrogens is 404 g/mol. The van der Waals surface area contributed by atoms with Crippen LogP contribution >= 0.6 is 0 Å². The largest absolute Gasteiger partial charge is 0.497 e. The molecule has 162 valence electrons. The van der Waals surface area contributed by atoms with Crippen molar-refractivity contribution in [1.82, 2.24) is 15.1 Å². The van der Waals surface area contributed by atoms with Crippen LogP contribution in [0, 0.1) is 0 Å². The third-order valence-corrected chi connectivity index (χ3v) is 7.27. The summed E-state index contributed by atoms with van der Waals surface area (Å²) in [5, 5.41) is 10.5. The van der Waals surface area contributed by atoms with Gasteiger partial charge in [0.15, 0.2) is 5.69 Å². The number of aryl methyl sites for hydroxylation is 1. The molecule has 1 saturated heterocycles. The second kappa shape index (κ2) is 6.95. The second-order valence-electron chi connectivity index (χ2n) is 8.78. The van der Waals surface area contributed by atoms with E-state index in [1.165, 1.54) is 0 Å². The van der Waals surface area contributed by atoms with Crippen molar-refractivity contribution in [2.24, 2.45) is 0 Å². The van der Waals surface area contributed by atoms with Crippen molar-refractivity contribution in [3.05, 3.63) is 76.6 Å². The normalized spacial score (nSPS) is 23.3. The SMILES string of the molecule is COc1cccc([C@@H]2N(C(=O)c3n[nH]c4c3CCC4)CC[C@]23C(=O)Nc2ccccc23)c1. The van der Waals surface area contributed by atoms with Gasteiger partial charge in [-0.3, -0.25) is 14.7 Å². The zero-order valence-corrected chi connectivity index (χ0v) is 17.9. The maximum absolute atomic E-state index is 13.8. The lowest BCUT2D eigenvalue weighted by atomic mass is 9.72. The van der Waals surface area contributed by atoms with E-state index in [2.05, 4.69) is 15.5 Å². The lowest BCUT2D eigenvalue weighted by molar-refractivity contribution is -0.121. The van der Waals surface area contributed by atoms with Crippen LogP contribution in [-0.4, -0.2) is 40.6 Å². The van der Waals surface area contributed by atoms with Gasteiger partial charge in [-0.1, -0.05) is 30.3 Å². The van der Waals surface area contributed by atoms with E-state index in [0.717, 1.165) is 47.3 Å². The number of aromatic amines is 1. The molecule has 2 aliphatic heterocycles. The van der Waals surface area contributed by atoms with Gasteiger partial charge in [-0.2, -0.15) is 5.10 Å². The molecule has 3 aromatic rings. The van der Waals surface area contributed by atoms with Crippen molar-refractivity contribution >= 4 is 17.5 Å². The molecule has 2 amide bonds. The maximum atomic E-state index is 13.8. The number of fused-ring (bicyclic) bond motifs is 3. The number of methoxy groups -OCH3 is 1. The van der Waals surface area contributed by atoms with Gasteiger partial charge in [0, 0.05) is 23.5 Å². The van der Waals surface area contributed by atoms with E-state index in [1.54, 1.807) is 7.11 Å². The molecule has 7 heteroatoms. The first-order valence-electron chi connectivity index (χ1n) is 11.1. The topological polar surface area (TPSA) is 87.3 Å². The summed E-state index contributed by atoms with van der Waals surface area (Å²) < 4.78 is 5.47. The predicted octanol–water partition coefficient (Wildman–Crippen LogP) is 3.38. The molecule has 6 rings (SSSR count). The number of benzene rings is 2. The Balaban J connectivity index is 1.51. The Hall–Kier alpha value is -3.61. The molecule has 32 heavy (non-hydrogen) atoms. The molecule has 0 saturated carbocycles. The average molecular weight is 428 g/mol. The summed E-state index contributed by atoms with van der Waals surface area (Å²) in [6.45, 7) is 0.476. The number of rotatable bonds is 3. The van der Waals surface area contributed by atoms with Crippen LogP contribution in [0.2, 0.25) is 0 Å². The van der Waals surface area contributed by atoms with Crippen molar-refractivity contribution in [3.8, 4) is 5.75 Å². The van der Waals surface area contributed by atoms with Gasteiger partial charge < -0.3 is 15.0 Å². The van der Waals surface area contributed by atoms with Crippen LogP contribution in [0.3, 0.4) is 0 Å². The number of likely N-dealkylation sites (tertiary alicyclic amines) is 1. The molecular formula is C25H24N4O3. The molecule has 0 bridgehead atoms. The maximum Gasteiger partial charge on any atom is 0.275 e. The Morgan fingerprint density at radius 2 is 2.06 bits per heavy atom. The Bertz CT molecular complexity index is 1250. The van der Waals surface area contributed by atoms with Crippen molar-refractivity contribution in [2.45, 2.75) is 37.1 Å². The number of para-hydroxylation sites is 1. The number of carbonyl (C=O) groups excluding carboxylic acids is 2. The molecule has 2 atom stereocenters. The van der Waals surface area contributed by atoms with Crippen LogP contribution in [0.5, 0.6) is 5.75 Å². The summed E-state index contributed by atoms with van der Waals surface area (Å²) >= 11 is 0. The molecule has 3 heterocycles. The monoisotopic (exact) mass is 428 g/mol. The van der Waals surface area contributed by atoms with Gasteiger partial charge in [0.25, 0.3) is 5.91 Å². The number of ether oxygens (including phenoxy) is 1. The summed E-state index contributed by atoms with van der Waals surface area (Å²) in [6.07, 6.45) is 3.37. The van der Waals surface area contributed by atoms with E-state index in [4.69, 9.17) is 4.74 Å². The number of hydrogen-bond acceptors (Lipinski definition) is 4. The van der Waals surface area contributed by atoms with Gasteiger partial charge in [-0.15, -0.1) is 0 Å². The van der Waals surface area contributed by atoms with E-state index in [-0.39, 0.29) is 11.8 Å². The first kappa shape index (κ1) is 19.1. The highest BCUT2D eigenvalue weighted by atomic mass is 16.5. The number of nitrogens with one attached hydrogen (secondary N) is 2. The third kappa shape index (κ3) is 2.51. The second-order valence-corrected chi connectivity index (χ2v) is 8.78. The van der Waals surface area contributed by atoms with Crippen LogP contribution < -0.4 is 10.1 Å². The first-order valence-corrected chi connectivity index (χ1v) is 11.1. The number of H-pyrrole nitrogens is 1. The predicted molar refractivity (Wildman–Crippen MR) is 119 cm³/mol. The smallest absolute Gasteiger partial charge is 0.275 e. The fraction of sp³-hybridized carbons (Fsp3) is 0.320. The van der Waals surface area contributed by atoms with Gasteiger partial charge >= 0.3 is 0 Å². The molecule has 2 aromatic carbocycles. The molecule has 2 N–H and O–H groups in total. The van der Waals surface area contributed by atoms with Crippen LogP contribution in [0.25, 0.3) is 0 Å². The van der Waals surface area contributed by atoms with Gasteiger partial charge in [0.05, 0.1) is 13.2 Å². The Labute approximate surface area is 185 Å². The van der Waals surface area contributed by atoms with Crippen LogP contribution in [0.4, 0.5) is 5.69 Å². The van der Waals surface area contributed by atoms with Crippen LogP contribution in [-0.2, 0) is 23.1 Å². The van der Waals surface area contributed by atoms with Crippen molar-refractivity contribution < 1.29 is 14.3 Å². The number of carbonyl (C=O) groups is 2. The zero-order chi connectivity index (χ0) is 21.9. The van der Waals surface area contributed by atoms with E-state index in [9.17, 15) is 9.59 Å². The molecule has 1 spiro atoms. The summed E-state index contributed by atoms with van der Waals surface area (Å²) in [5.74, 6) is 0.518. The van der Waals surface area contributed by atoms with E-state index in [0.29, 0.717) is 24.4 Å². The highest BCUT2D eigenvalue weighted by Gasteiger charge is 2.59. The van der Waals surface area contributed by atoms with Gasteiger partial charge in [-0.05, 0) is 55.0 Å². The van der Waals surface area contributed by atoms with Crippen molar-refractivity contribution in [2.75, 3.05) is 19.0 Å². The third-order valence-electron chi connectivity index (χ3n) is 7.27. The average Bonchev–Trinajstić information content (AvgIpc) is 3.57. The zero-order valence-electron chi connectivity index (χ0n) is 17.9. The molecule has 1 aromatic heterocycles. The lowest BCUT2D eigenvalue weighted by Gasteiger charge is -2.34. The van der Waals surface area contributed by atoms with Gasteiger partial charge in [0.1, 0.15) is 11.2 Å². The molecule has 3 aliphatic rings. The first-order chi connectivity index (χ1) is 15.6. The van der Waals surface area contributed by atoms with E-state index in [1.807, 2.05) is 53.4 Å². The Kier molecular flexibility index (Phi) is 4.15. The summed E-state index contributed by atoms with van der Waals surface area (Å²) in [4.78, 5) is 29.2. The molecule has 7 nitrogen and oxygen atoms in total. The summed E-state index contributed by atoms with van der Waals surface area (Å²) in [6, 6.07) is 15.0. The van der Waals surface area contributed by atoms with Gasteiger partial charge in [-0.25, -0.2) is 0 Å². The molecule has 1 fully saturated rings. The van der Waals surface area contributed by atoms with E-state index < -0.39 is 11.5 Å². The van der Waals surface area contributed by atoms with Crippen molar-refractivity contribution in [3.63, 3.8) is 0 Å². The number of aromatic nitrogens is 2. The number of nitrogens with zero attached hydrogens (tertiary/aromatic N) is 2. The molecule has 1 aliphatic carbocycles. The lowest BCUT2D eigenvalue weighted by Crippen LogP contribution is -2.42. The molecule has 0 radical (unpaired) electrons. The van der Waals surface area contributed by atoms with Crippen molar-refractivity contribution in [1.29, 1.82) is 0 Å². The minimum atomic E-state index is -0.849. The highest BCUT2D eigenvalue weighted by Crippen LogP contribution is 2.55. The minimum absolute atomic E-state index is 0.0610. The minimum Gasteiger partial charge on any atom is -0.497 e. The standard InChI is InChI=1S/C25H24N4O3/c1-32-16-7-4-6-15(14-16)22-25(18-9-2-3-10-20(18)26-24(25)31)12-13-29(22)23(30)21-17-8-5-11-19(17)27-28-21/h2-4,6-7,9-10,14,22H,5,8,11-13H2,1H3,(H,26,31)(H,27,28)/t22-,25+/m0/s1. The van der Waals surface area contributed by atoms with Crippen LogP contribution in [0.1, 0.15) is 51.8 Å². The fourth-order valence-corrected chi connectivity index (χ4v) is 5.81. The fourth-order valence-electron chi connectivity index (χ4n) is 5.81. The molecule has 0 unspecified atom stereocenters. The number of amides is 2. The highest BCUT2D eigenvalue weighted by molar-refractivity contribution is 6.08. The Morgan fingerprint density at radius 3 is 2.94 bits per heavy atom. The van der Waals surface area contributed by atoms with Gasteiger partial charge in [0.2, 0.25) is 5.91 Å².